The summed E-state index contributed by atoms with van der Waals surface area (Å²) in [7, 11) is 1.64. The summed E-state index contributed by atoms with van der Waals surface area (Å²) in [5.41, 5.74) is 4.89. The molecular weight excluding hydrogens is 262 g/mol. The van der Waals surface area contributed by atoms with Crippen molar-refractivity contribution in [3.05, 3.63) is 58.9 Å². The molecule has 0 aliphatic heterocycles. The van der Waals surface area contributed by atoms with Crippen LogP contribution in [0.2, 0.25) is 5.02 Å². The summed E-state index contributed by atoms with van der Waals surface area (Å²) in [5.74, 6) is 6.44. The first kappa shape index (κ1) is 13.8. The Morgan fingerprint density at radius 1 is 1.32 bits per heavy atom. The first-order valence-corrected chi connectivity index (χ1v) is 6.31. The van der Waals surface area contributed by atoms with Gasteiger partial charge in [-0.25, -0.2) is 0 Å². The average molecular weight is 278 g/mol. The summed E-state index contributed by atoms with van der Waals surface area (Å²) in [6.07, 6.45) is 4.17. The number of nitrogens with two attached hydrogens (primary N) is 1. The summed E-state index contributed by atoms with van der Waals surface area (Å²) >= 11 is 6.03. The van der Waals surface area contributed by atoms with Gasteiger partial charge in [0.25, 0.3) is 0 Å². The highest BCUT2D eigenvalue weighted by atomic mass is 35.5. The molecule has 1 aromatic heterocycles. The number of aromatic nitrogens is 1. The van der Waals surface area contributed by atoms with Crippen LogP contribution >= 0.6 is 11.6 Å². The number of nitrogens with one attached hydrogen (secondary N) is 1. The minimum atomic E-state index is -0.0182. The van der Waals surface area contributed by atoms with E-state index in [0.717, 1.165) is 16.9 Å². The van der Waals surface area contributed by atoms with Crippen LogP contribution in [0.1, 0.15) is 17.2 Å². The molecule has 4 nitrogen and oxygen atoms in total. The van der Waals surface area contributed by atoms with Crippen LogP contribution in [-0.4, -0.2) is 12.1 Å². The standard InChI is InChI=1S/C14H16ClN3O/c1-19-14-3-2-12(15)8-11(14)9-13(18-16)10-4-6-17-7-5-10/h2-8,13,18H,9,16H2,1H3. The average Bonchev–Trinajstić information content (AvgIpc) is 2.46. The number of pyridine rings is 1. The van der Waals surface area contributed by atoms with Gasteiger partial charge >= 0.3 is 0 Å². The third-order valence-corrected chi connectivity index (χ3v) is 3.21. The van der Waals surface area contributed by atoms with E-state index in [0.29, 0.717) is 11.4 Å². The van der Waals surface area contributed by atoms with Gasteiger partial charge in [0, 0.05) is 17.4 Å². The molecular formula is C14H16ClN3O. The van der Waals surface area contributed by atoms with Crippen molar-refractivity contribution in [1.82, 2.24) is 10.4 Å². The van der Waals surface area contributed by atoms with Crippen LogP contribution in [0, 0.1) is 0 Å². The molecule has 0 radical (unpaired) electrons. The van der Waals surface area contributed by atoms with E-state index >= 15 is 0 Å². The van der Waals surface area contributed by atoms with Crippen molar-refractivity contribution in [2.24, 2.45) is 5.84 Å². The van der Waals surface area contributed by atoms with Gasteiger partial charge in [-0.2, -0.15) is 0 Å². The van der Waals surface area contributed by atoms with Crippen molar-refractivity contribution in [3.8, 4) is 5.75 Å². The maximum atomic E-state index is 6.03. The molecule has 3 N–H and O–H groups in total. The molecule has 0 spiro atoms. The van der Waals surface area contributed by atoms with Crippen LogP contribution in [0.25, 0.3) is 0 Å². The first-order valence-electron chi connectivity index (χ1n) is 5.93. The smallest absolute Gasteiger partial charge is 0.122 e. The minimum absolute atomic E-state index is 0.0182. The fourth-order valence-corrected chi connectivity index (χ4v) is 2.19. The van der Waals surface area contributed by atoms with Gasteiger partial charge in [0.1, 0.15) is 5.75 Å². The molecule has 1 heterocycles. The van der Waals surface area contributed by atoms with Gasteiger partial charge < -0.3 is 4.74 Å². The second-order valence-corrected chi connectivity index (χ2v) is 4.60. The van der Waals surface area contributed by atoms with E-state index in [1.807, 2.05) is 24.3 Å². The summed E-state index contributed by atoms with van der Waals surface area (Å²) in [6.45, 7) is 0. The second kappa shape index (κ2) is 6.52. The third-order valence-electron chi connectivity index (χ3n) is 2.98. The summed E-state index contributed by atoms with van der Waals surface area (Å²) in [5, 5.41) is 0.682. The molecule has 19 heavy (non-hydrogen) atoms. The molecule has 0 aliphatic rings. The lowest BCUT2D eigenvalue weighted by Crippen LogP contribution is -2.29. The van der Waals surface area contributed by atoms with E-state index in [1.54, 1.807) is 25.6 Å². The monoisotopic (exact) mass is 277 g/mol. The first-order chi connectivity index (χ1) is 9.24. The van der Waals surface area contributed by atoms with Crippen LogP contribution in [0.5, 0.6) is 5.75 Å². The van der Waals surface area contributed by atoms with E-state index in [4.69, 9.17) is 22.2 Å². The number of rotatable bonds is 5. The fraction of sp³-hybridized carbons (Fsp3) is 0.214. The number of methoxy groups -OCH3 is 1. The van der Waals surface area contributed by atoms with Gasteiger partial charge in [-0.05, 0) is 47.9 Å². The lowest BCUT2D eigenvalue weighted by atomic mass is 9.99. The summed E-state index contributed by atoms with van der Waals surface area (Å²) in [4.78, 5) is 4.00. The lowest BCUT2D eigenvalue weighted by molar-refractivity contribution is 0.405. The molecule has 1 unspecified atom stereocenters. The molecule has 0 saturated heterocycles. The molecule has 2 aromatic rings. The van der Waals surface area contributed by atoms with E-state index < -0.39 is 0 Å². The number of hydrogen-bond acceptors (Lipinski definition) is 4. The van der Waals surface area contributed by atoms with E-state index in [2.05, 4.69) is 10.4 Å². The molecule has 5 heteroatoms. The van der Waals surface area contributed by atoms with Crippen LogP contribution in [0.15, 0.2) is 42.7 Å². The zero-order chi connectivity index (χ0) is 13.7. The van der Waals surface area contributed by atoms with Crippen LogP contribution in [-0.2, 0) is 6.42 Å². The van der Waals surface area contributed by atoms with Crippen molar-refractivity contribution in [1.29, 1.82) is 0 Å². The van der Waals surface area contributed by atoms with Crippen molar-refractivity contribution in [2.45, 2.75) is 12.5 Å². The molecule has 0 fully saturated rings. The predicted molar refractivity (Wildman–Crippen MR) is 76.0 cm³/mol. The summed E-state index contributed by atoms with van der Waals surface area (Å²) < 4.78 is 5.34. The maximum absolute atomic E-state index is 6.03. The lowest BCUT2D eigenvalue weighted by Gasteiger charge is -2.18. The van der Waals surface area contributed by atoms with Gasteiger partial charge in [0.15, 0.2) is 0 Å². The number of benzene rings is 1. The molecule has 0 bridgehead atoms. The number of hydrogen-bond donors (Lipinski definition) is 2. The van der Waals surface area contributed by atoms with Gasteiger partial charge in [0.2, 0.25) is 0 Å². The quantitative estimate of drug-likeness (QED) is 0.651. The normalized spacial score (nSPS) is 12.2. The predicted octanol–water partition coefficient (Wildman–Crippen LogP) is 2.49. The SMILES string of the molecule is COc1ccc(Cl)cc1CC(NN)c1ccncc1. The molecule has 1 atom stereocenters. The molecule has 100 valence electrons. The number of ether oxygens (including phenoxy) is 1. The highest BCUT2D eigenvalue weighted by Crippen LogP contribution is 2.27. The minimum Gasteiger partial charge on any atom is -0.496 e. The van der Waals surface area contributed by atoms with E-state index in [1.165, 1.54) is 0 Å². The zero-order valence-corrected chi connectivity index (χ0v) is 11.4. The molecule has 2 rings (SSSR count). The second-order valence-electron chi connectivity index (χ2n) is 4.16. The molecule has 0 saturated carbocycles. The van der Waals surface area contributed by atoms with Crippen LogP contribution < -0.4 is 16.0 Å². The number of hydrazine groups is 1. The Labute approximate surface area is 117 Å². The Morgan fingerprint density at radius 2 is 2.05 bits per heavy atom. The molecule has 0 amide bonds. The zero-order valence-electron chi connectivity index (χ0n) is 10.6. The highest BCUT2D eigenvalue weighted by molar-refractivity contribution is 6.30. The Balaban J connectivity index is 2.26. The Kier molecular flexibility index (Phi) is 4.74. The van der Waals surface area contributed by atoms with Crippen molar-refractivity contribution < 1.29 is 4.74 Å². The Hall–Kier alpha value is -1.62. The van der Waals surface area contributed by atoms with Crippen molar-refractivity contribution in [3.63, 3.8) is 0 Å². The topological polar surface area (TPSA) is 60.2 Å². The largest absolute Gasteiger partial charge is 0.496 e. The van der Waals surface area contributed by atoms with Gasteiger partial charge in [-0.1, -0.05) is 11.6 Å². The van der Waals surface area contributed by atoms with Gasteiger partial charge in [-0.15, -0.1) is 0 Å². The highest BCUT2D eigenvalue weighted by Gasteiger charge is 2.13. The fourth-order valence-electron chi connectivity index (χ4n) is 2.00. The van der Waals surface area contributed by atoms with Crippen molar-refractivity contribution in [2.75, 3.05) is 7.11 Å². The Bertz CT molecular complexity index is 533. The molecule has 1 aromatic carbocycles. The van der Waals surface area contributed by atoms with Gasteiger partial charge in [0.05, 0.1) is 13.2 Å². The maximum Gasteiger partial charge on any atom is 0.122 e. The third kappa shape index (κ3) is 3.44. The summed E-state index contributed by atoms with van der Waals surface area (Å²) in [6, 6.07) is 9.41. The molecule has 0 aliphatic carbocycles. The van der Waals surface area contributed by atoms with E-state index in [9.17, 15) is 0 Å². The van der Waals surface area contributed by atoms with Crippen LogP contribution in [0.3, 0.4) is 0 Å². The number of halogens is 1. The number of nitrogens with zero attached hydrogens (tertiary/aromatic N) is 1. The van der Waals surface area contributed by atoms with Gasteiger partial charge in [-0.3, -0.25) is 16.3 Å². The van der Waals surface area contributed by atoms with E-state index in [-0.39, 0.29) is 6.04 Å². The van der Waals surface area contributed by atoms with Crippen LogP contribution in [0.4, 0.5) is 0 Å². The van der Waals surface area contributed by atoms with Crippen molar-refractivity contribution >= 4 is 11.6 Å². The Morgan fingerprint density at radius 3 is 2.68 bits per heavy atom.